The van der Waals surface area contributed by atoms with E-state index in [4.69, 9.17) is 9.47 Å². The molecule has 2 fully saturated rings. The first-order valence-corrected chi connectivity index (χ1v) is 10.6. The van der Waals surface area contributed by atoms with Crippen molar-refractivity contribution in [2.75, 3.05) is 6.61 Å². The predicted octanol–water partition coefficient (Wildman–Crippen LogP) is 1.19. The van der Waals surface area contributed by atoms with E-state index in [1.165, 1.54) is 11.3 Å². The molecule has 3 heterocycles. The smallest absolute Gasteiger partial charge is 0.171 e. The Hall–Kier alpha value is -1.16. The highest BCUT2D eigenvalue weighted by Crippen LogP contribution is 2.38. The van der Waals surface area contributed by atoms with Crippen LogP contribution in [0.15, 0.2) is 16.8 Å². The van der Waals surface area contributed by atoms with Crippen molar-refractivity contribution in [2.24, 2.45) is 11.8 Å². The fraction of sp³-hybridized carbons (Fsp3) is 0.700. The Morgan fingerprint density at radius 1 is 1.25 bits per heavy atom. The molecule has 156 valence electrons. The Labute approximate surface area is 168 Å². The number of carbonyl (C=O) groups excluding carboxylic acids is 2. The standard InChI is InChI=1S/C20H28O7S/c1-10(11(2)21)20-17(27-20)5-13-8-26-16(19(25)18(13)24)7-14(22)6-15(23)12-3-4-28-9-12/h3-4,9-11,13,16-21,24-25H,5-8H2,1-2H3/t10-,11-,13-,16-,17-,18+,19-,20-/m0/s1. The molecule has 2 aliphatic heterocycles. The molecule has 2 aliphatic rings. The van der Waals surface area contributed by atoms with Crippen LogP contribution < -0.4 is 0 Å². The van der Waals surface area contributed by atoms with Crippen molar-refractivity contribution in [3.05, 3.63) is 22.4 Å². The second-order valence-corrected chi connectivity index (χ2v) is 8.72. The van der Waals surface area contributed by atoms with Gasteiger partial charge in [-0.3, -0.25) is 9.59 Å². The molecule has 3 N–H and O–H groups in total. The molecule has 8 atom stereocenters. The van der Waals surface area contributed by atoms with Gasteiger partial charge in [0.15, 0.2) is 5.78 Å². The highest BCUT2D eigenvalue weighted by Gasteiger charge is 2.48. The van der Waals surface area contributed by atoms with Gasteiger partial charge in [-0.05, 0) is 24.8 Å². The Morgan fingerprint density at radius 3 is 2.64 bits per heavy atom. The lowest BCUT2D eigenvalue weighted by atomic mass is 9.85. The first-order valence-electron chi connectivity index (χ1n) is 9.66. The molecule has 0 amide bonds. The average Bonchev–Trinajstić information content (AvgIpc) is 3.17. The van der Waals surface area contributed by atoms with Gasteiger partial charge in [0.05, 0.1) is 43.5 Å². The molecule has 0 radical (unpaired) electrons. The lowest BCUT2D eigenvalue weighted by Crippen LogP contribution is -2.51. The first kappa shape index (κ1) is 21.5. The van der Waals surface area contributed by atoms with Crippen LogP contribution in [-0.2, 0) is 14.3 Å². The number of ketones is 2. The monoisotopic (exact) mass is 412 g/mol. The fourth-order valence-electron chi connectivity index (χ4n) is 3.71. The van der Waals surface area contributed by atoms with Crippen LogP contribution in [0.1, 0.15) is 43.5 Å². The number of Topliss-reactive ketones (excluding diaryl/α,β-unsaturated/α-hetero) is 2. The van der Waals surface area contributed by atoms with Crippen LogP contribution in [0.2, 0.25) is 0 Å². The van der Waals surface area contributed by atoms with Gasteiger partial charge in [-0.25, -0.2) is 0 Å². The lowest BCUT2D eigenvalue weighted by Gasteiger charge is -2.37. The normalized spacial score (nSPS) is 34.6. The number of hydrogen-bond donors (Lipinski definition) is 3. The predicted molar refractivity (Wildman–Crippen MR) is 102 cm³/mol. The molecule has 0 bridgehead atoms. The van der Waals surface area contributed by atoms with Crippen molar-refractivity contribution in [3.8, 4) is 0 Å². The molecule has 2 saturated heterocycles. The number of aliphatic hydroxyl groups is 3. The first-order chi connectivity index (χ1) is 13.3. The summed E-state index contributed by atoms with van der Waals surface area (Å²) >= 11 is 1.39. The third-order valence-electron chi connectivity index (χ3n) is 5.80. The van der Waals surface area contributed by atoms with E-state index in [0.29, 0.717) is 12.0 Å². The van der Waals surface area contributed by atoms with Crippen LogP contribution in [0.3, 0.4) is 0 Å². The number of epoxide rings is 1. The molecule has 28 heavy (non-hydrogen) atoms. The van der Waals surface area contributed by atoms with E-state index in [-0.39, 0.29) is 55.1 Å². The van der Waals surface area contributed by atoms with E-state index < -0.39 is 24.4 Å². The van der Waals surface area contributed by atoms with Gasteiger partial charge in [-0.1, -0.05) is 6.92 Å². The van der Waals surface area contributed by atoms with Crippen molar-refractivity contribution in [1.29, 1.82) is 0 Å². The van der Waals surface area contributed by atoms with E-state index in [0.717, 1.165) is 0 Å². The third kappa shape index (κ3) is 5.06. The summed E-state index contributed by atoms with van der Waals surface area (Å²) in [7, 11) is 0. The molecule has 0 aromatic carbocycles. The summed E-state index contributed by atoms with van der Waals surface area (Å²) in [5, 5.41) is 33.9. The minimum Gasteiger partial charge on any atom is -0.393 e. The van der Waals surface area contributed by atoms with Gasteiger partial charge in [0.1, 0.15) is 11.9 Å². The van der Waals surface area contributed by atoms with Gasteiger partial charge >= 0.3 is 0 Å². The van der Waals surface area contributed by atoms with E-state index >= 15 is 0 Å². The SMILES string of the molecule is C[C@H]([C@@H]1O[C@H]1C[C@H]1CO[C@@H](CC(=O)CC(=O)c2ccsc2)[C@H](O)[C@@H]1O)[C@H](C)O. The van der Waals surface area contributed by atoms with Crippen LogP contribution in [0, 0.1) is 11.8 Å². The largest absolute Gasteiger partial charge is 0.393 e. The zero-order valence-electron chi connectivity index (χ0n) is 16.1. The second-order valence-electron chi connectivity index (χ2n) is 7.94. The summed E-state index contributed by atoms with van der Waals surface area (Å²) in [4.78, 5) is 24.2. The minimum absolute atomic E-state index is 0.00251. The van der Waals surface area contributed by atoms with Crippen LogP contribution >= 0.6 is 11.3 Å². The molecule has 8 heteroatoms. The van der Waals surface area contributed by atoms with Crippen LogP contribution in [0.25, 0.3) is 0 Å². The van der Waals surface area contributed by atoms with Crippen molar-refractivity contribution in [3.63, 3.8) is 0 Å². The number of thiophene rings is 1. The number of rotatable bonds is 9. The van der Waals surface area contributed by atoms with Gasteiger partial charge in [0, 0.05) is 29.2 Å². The molecule has 1 aromatic heterocycles. The highest BCUT2D eigenvalue weighted by atomic mass is 32.1. The summed E-state index contributed by atoms with van der Waals surface area (Å²) in [6.07, 6.45) is -3.44. The molecular formula is C20H28O7S. The Balaban J connectivity index is 1.46. The number of aliphatic hydroxyl groups excluding tert-OH is 3. The van der Waals surface area contributed by atoms with Crippen LogP contribution in [0.5, 0.6) is 0 Å². The van der Waals surface area contributed by atoms with E-state index in [9.17, 15) is 24.9 Å². The van der Waals surface area contributed by atoms with Gasteiger partial charge in [0.25, 0.3) is 0 Å². The van der Waals surface area contributed by atoms with Crippen molar-refractivity contribution in [2.45, 2.75) is 69.7 Å². The number of ether oxygens (including phenoxy) is 2. The lowest BCUT2D eigenvalue weighted by molar-refractivity contribution is -0.170. The third-order valence-corrected chi connectivity index (χ3v) is 6.49. The van der Waals surface area contributed by atoms with Gasteiger partial charge in [-0.2, -0.15) is 11.3 Å². The van der Waals surface area contributed by atoms with Gasteiger partial charge in [-0.15, -0.1) is 0 Å². The fourth-order valence-corrected chi connectivity index (χ4v) is 4.37. The summed E-state index contributed by atoms with van der Waals surface area (Å²) in [5.41, 5.74) is 0.508. The van der Waals surface area contributed by atoms with E-state index in [1.807, 2.05) is 6.92 Å². The molecular weight excluding hydrogens is 384 g/mol. The van der Waals surface area contributed by atoms with Crippen molar-refractivity contribution in [1.82, 2.24) is 0 Å². The van der Waals surface area contributed by atoms with Gasteiger partial charge < -0.3 is 24.8 Å². The van der Waals surface area contributed by atoms with Crippen molar-refractivity contribution >= 4 is 22.9 Å². The quantitative estimate of drug-likeness (QED) is 0.317. The highest BCUT2D eigenvalue weighted by molar-refractivity contribution is 7.08. The minimum atomic E-state index is -1.19. The summed E-state index contributed by atoms with van der Waals surface area (Å²) in [6, 6.07) is 1.67. The Morgan fingerprint density at radius 2 is 2.00 bits per heavy atom. The molecule has 0 aliphatic carbocycles. The topological polar surface area (TPSA) is 117 Å². The molecule has 7 nitrogen and oxygen atoms in total. The molecule has 0 spiro atoms. The molecule has 0 unspecified atom stereocenters. The summed E-state index contributed by atoms with van der Waals surface area (Å²) in [6.45, 7) is 3.84. The second kappa shape index (κ2) is 9.11. The van der Waals surface area contributed by atoms with E-state index in [1.54, 1.807) is 23.8 Å². The molecule has 1 aromatic rings. The summed E-state index contributed by atoms with van der Waals surface area (Å²) < 4.78 is 11.2. The Bertz CT molecular complexity index is 674. The van der Waals surface area contributed by atoms with E-state index in [2.05, 4.69) is 0 Å². The van der Waals surface area contributed by atoms with Crippen LogP contribution in [0.4, 0.5) is 0 Å². The zero-order chi connectivity index (χ0) is 20.4. The molecule has 0 saturated carbocycles. The Kier molecular flexibility index (Phi) is 7.01. The number of hydrogen-bond acceptors (Lipinski definition) is 8. The number of carbonyl (C=O) groups is 2. The van der Waals surface area contributed by atoms with Crippen LogP contribution in [-0.4, -0.2) is 70.1 Å². The molecule has 3 rings (SSSR count). The van der Waals surface area contributed by atoms with Gasteiger partial charge in [0.2, 0.25) is 0 Å². The average molecular weight is 413 g/mol. The maximum atomic E-state index is 12.2. The maximum Gasteiger partial charge on any atom is 0.171 e. The van der Waals surface area contributed by atoms with Crippen molar-refractivity contribution < 1.29 is 34.4 Å². The maximum absolute atomic E-state index is 12.2. The summed E-state index contributed by atoms with van der Waals surface area (Å²) in [5.74, 6) is -0.867. The zero-order valence-corrected chi connectivity index (χ0v) is 16.9.